The van der Waals surface area contributed by atoms with Crippen LogP contribution in [0.3, 0.4) is 0 Å². The van der Waals surface area contributed by atoms with Gasteiger partial charge in [-0.3, -0.25) is 0 Å². The molecular weight excluding hydrogens is 232 g/mol. The maximum atomic E-state index is 10.8. The number of hydrogen-bond acceptors (Lipinski definition) is 4. The van der Waals surface area contributed by atoms with Crippen molar-refractivity contribution in [1.29, 1.82) is 0 Å². The number of rotatable bonds is 5. The highest BCUT2D eigenvalue weighted by molar-refractivity contribution is 6.29. The Morgan fingerprint density at radius 1 is 1.56 bits per heavy atom. The zero-order chi connectivity index (χ0) is 12.1. The average Bonchev–Trinajstić information content (AvgIpc) is 2.24. The minimum atomic E-state index is -1.13. The van der Waals surface area contributed by atoms with Gasteiger partial charge in [0.05, 0.1) is 0 Å². The molecule has 0 aliphatic heterocycles. The summed E-state index contributed by atoms with van der Waals surface area (Å²) >= 11 is 5.73. The van der Waals surface area contributed by atoms with E-state index in [1.54, 1.807) is 0 Å². The molecule has 0 saturated carbocycles. The van der Waals surface area contributed by atoms with Gasteiger partial charge in [0, 0.05) is 12.7 Å². The number of carboxylic acid groups (broad SMARTS) is 1. The first-order chi connectivity index (χ1) is 7.58. The molecule has 1 unspecified atom stereocenters. The summed E-state index contributed by atoms with van der Waals surface area (Å²) in [5, 5.41) is 8.94. The molecule has 5 nitrogen and oxygen atoms in total. The first-order valence-electron chi connectivity index (χ1n) is 4.97. The fourth-order valence-electron chi connectivity index (χ4n) is 1.26. The number of nitrogens with zero attached hydrogens (tertiary/aromatic N) is 2. The zero-order valence-corrected chi connectivity index (χ0v) is 9.86. The van der Waals surface area contributed by atoms with Crippen molar-refractivity contribution in [3.05, 3.63) is 22.7 Å². The van der Waals surface area contributed by atoms with Crippen LogP contribution < -0.4 is 0 Å². The van der Waals surface area contributed by atoms with Crippen molar-refractivity contribution in [3.8, 4) is 0 Å². The first kappa shape index (κ1) is 12.9. The van der Waals surface area contributed by atoms with Crippen molar-refractivity contribution in [1.82, 2.24) is 9.97 Å². The normalized spacial score (nSPS) is 12.4. The molecular formula is C10H13ClN2O3. The molecule has 0 aliphatic rings. The first-order valence-corrected chi connectivity index (χ1v) is 5.35. The number of carbonyl (C=O) groups is 1. The quantitative estimate of drug-likeness (QED) is 0.805. The van der Waals surface area contributed by atoms with Gasteiger partial charge >= 0.3 is 5.97 Å². The third kappa shape index (κ3) is 3.15. The summed E-state index contributed by atoms with van der Waals surface area (Å²) in [6.45, 7) is 4.27. The highest BCUT2D eigenvalue weighted by Crippen LogP contribution is 2.19. The lowest BCUT2D eigenvalue weighted by Crippen LogP contribution is -2.11. The number of ether oxygens (including phenoxy) is 1. The molecule has 16 heavy (non-hydrogen) atoms. The van der Waals surface area contributed by atoms with Gasteiger partial charge in [0.25, 0.3) is 0 Å². The molecule has 1 rings (SSSR count). The molecule has 0 amide bonds. The highest BCUT2D eigenvalue weighted by Gasteiger charge is 2.16. The number of carboxylic acids is 1. The molecule has 88 valence electrons. The van der Waals surface area contributed by atoms with E-state index in [1.807, 2.05) is 13.8 Å². The largest absolute Gasteiger partial charge is 0.477 e. The van der Waals surface area contributed by atoms with Crippen LogP contribution in [-0.4, -0.2) is 27.7 Å². The van der Waals surface area contributed by atoms with Crippen LogP contribution in [0.25, 0.3) is 0 Å². The van der Waals surface area contributed by atoms with Gasteiger partial charge in [0.2, 0.25) is 0 Å². The summed E-state index contributed by atoms with van der Waals surface area (Å²) in [7, 11) is 0. The fraction of sp³-hybridized carbons (Fsp3) is 0.500. The summed E-state index contributed by atoms with van der Waals surface area (Å²) in [6, 6.07) is 1.21. The third-order valence-electron chi connectivity index (χ3n) is 1.96. The standard InChI is InChI=1S/C10H13ClN2O3/c1-3-7(16-4-2)9-12-6(10(14)15)5-8(11)13-9/h5,7H,3-4H2,1-2H3,(H,14,15). The van der Waals surface area contributed by atoms with Crippen LogP contribution in [0.2, 0.25) is 5.15 Å². The number of aromatic carboxylic acids is 1. The van der Waals surface area contributed by atoms with E-state index in [4.69, 9.17) is 21.4 Å². The van der Waals surface area contributed by atoms with Crippen molar-refractivity contribution in [2.45, 2.75) is 26.4 Å². The molecule has 1 heterocycles. The summed E-state index contributed by atoms with van der Waals surface area (Å²) in [4.78, 5) is 18.7. The minimum Gasteiger partial charge on any atom is -0.477 e. The minimum absolute atomic E-state index is 0.112. The molecule has 0 aliphatic carbocycles. The molecule has 0 bridgehead atoms. The number of aromatic nitrogens is 2. The topological polar surface area (TPSA) is 72.3 Å². The van der Waals surface area contributed by atoms with Crippen LogP contribution in [0.15, 0.2) is 6.07 Å². The Kier molecular flexibility index (Phi) is 4.64. The van der Waals surface area contributed by atoms with Crippen LogP contribution in [0, 0.1) is 0 Å². The Labute approximate surface area is 98.4 Å². The zero-order valence-electron chi connectivity index (χ0n) is 9.11. The van der Waals surface area contributed by atoms with Crippen LogP contribution >= 0.6 is 11.6 Å². The van der Waals surface area contributed by atoms with E-state index < -0.39 is 5.97 Å². The van der Waals surface area contributed by atoms with Crippen molar-refractivity contribution in [2.75, 3.05) is 6.61 Å². The summed E-state index contributed by atoms with van der Waals surface area (Å²) in [6.07, 6.45) is 0.342. The van der Waals surface area contributed by atoms with E-state index in [9.17, 15) is 4.79 Å². The maximum Gasteiger partial charge on any atom is 0.354 e. The molecule has 0 spiro atoms. The van der Waals surface area contributed by atoms with Gasteiger partial charge in [0.1, 0.15) is 11.3 Å². The molecule has 0 saturated heterocycles. The molecule has 1 atom stereocenters. The molecule has 0 fully saturated rings. The van der Waals surface area contributed by atoms with Gasteiger partial charge in [-0.2, -0.15) is 0 Å². The lowest BCUT2D eigenvalue weighted by atomic mass is 10.2. The molecule has 1 N–H and O–H groups in total. The van der Waals surface area contributed by atoms with Crippen molar-refractivity contribution < 1.29 is 14.6 Å². The van der Waals surface area contributed by atoms with E-state index in [2.05, 4.69) is 9.97 Å². The van der Waals surface area contributed by atoms with Gasteiger partial charge in [-0.25, -0.2) is 14.8 Å². The Morgan fingerprint density at radius 2 is 2.25 bits per heavy atom. The van der Waals surface area contributed by atoms with Gasteiger partial charge in [-0.05, 0) is 13.3 Å². The predicted molar refractivity (Wildman–Crippen MR) is 58.7 cm³/mol. The third-order valence-corrected chi connectivity index (χ3v) is 2.15. The average molecular weight is 245 g/mol. The molecule has 6 heteroatoms. The Hall–Kier alpha value is -1.20. The summed E-state index contributed by atoms with van der Waals surface area (Å²) in [5.41, 5.74) is -0.117. The lowest BCUT2D eigenvalue weighted by Gasteiger charge is -2.13. The Morgan fingerprint density at radius 3 is 2.75 bits per heavy atom. The Bertz CT molecular complexity index is 384. The fourth-order valence-corrected chi connectivity index (χ4v) is 1.45. The number of halogens is 1. The van der Waals surface area contributed by atoms with Crippen molar-refractivity contribution >= 4 is 17.6 Å². The second kappa shape index (κ2) is 5.77. The van der Waals surface area contributed by atoms with Crippen LogP contribution in [0.4, 0.5) is 0 Å². The van der Waals surface area contributed by atoms with E-state index in [-0.39, 0.29) is 17.0 Å². The highest BCUT2D eigenvalue weighted by atomic mass is 35.5. The van der Waals surface area contributed by atoms with Gasteiger partial charge < -0.3 is 9.84 Å². The summed E-state index contributed by atoms with van der Waals surface area (Å²) in [5.74, 6) is -0.814. The van der Waals surface area contributed by atoms with E-state index in [1.165, 1.54) is 6.07 Å². The molecule has 0 radical (unpaired) electrons. The molecule has 0 aromatic carbocycles. The monoisotopic (exact) mass is 244 g/mol. The van der Waals surface area contributed by atoms with E-state index in [0.717, 1.165) is 0 Å². The van der Waals surface area contributed by atoms with Crippen LogP contribution in [0.1, 0.15) is 42.7 Å². The second-order valence-corrected chi connectivity index (χ2v) is 3.48. The smallest absolute Gasteiger partial charge is 0.354 e. The maximum absolute atomic E-state index is 10.8. The molecule has 1 aromatic rings. The molecule has 1 aromatic heterocycles. The van der Waals surface area contributed by atoms with Gasteiger partial charge in [-0.15, -0.1) is 0 Å². The SMILES string of the molecule is CCOC(CC)c1nc(Cl)cc(C(=O)O)n1. The van der Waals surface area contributed by atoms with Gasteiger partial charge in [0.15, 0.2) is 11.5 Å². The van der Waals surface area contributed by atoms with Crippen molar-refractivity contribution in [3.63, 3.8) is 0 Å². The van der Waals surface area contributed by atoms with Gasteiger partial charge in [-0.1, -0.05) is 18.5 Å². The van der Waals surface area contributed by atoms with Crippen LogP contribution in [-0.2, 0) is 4.74 Å². The second-order valence-electron chi connectivity index (χ2n) is 3.09. The lowest BCUT2D eigenvalue weighted by molar-refractivity contribution is 0.0527. The Balaban J connectivity index is 3.07. The van der Waals surface area contributed by atoms with Crippen LogP contribution in [0.5, 0.6) is 0 Å². The van der Waals surface area contributed by atoms with E-state index in [0.29, 0.717) is 18.9 Å². The number of hydrogen-bond donors (Lipinski definition) is 1. The van der Waals surface area contributed by atoms with E-state index >= 15 is 0 Å². The predicted octanol–water partition coefficient (Wildman–Crippen LogP) is 2.32. The summed E-state index contributed by atoms with van der Waals surface area (Å²) < 4.78 is 5.39. The van der Waals surface area contributed by atoms with Crippen molar-refractivity contribution in [2.24, 2.45) is 0 Å².